The fraction of sp³-hybridized carbons (Fsp3) is 0.125. The molecule has 2 heterocycles. The van der Waals surface area contributed by atoms with Gasteiger partial charge >= 0.3 is 11.7 Å². The van der Waals surface area contributed by atoms with Crippen molar-refractivity contribution in [1.82, 2.24) is 18.9 Å². The Balaban J connectivity index is 1.95. The van der Waals surface area contributed by atoms with Crippen LogP contribution in [-0.4, -0.2) is 30.0 Å². The Morgan fingerprint density at radius 2 is 1.82 bits per heavy atom. The molecule has 4 rings (SSSR count). The lowest BCUT2D eigenvalue weighted by Crippen LogP contribution is -2.40. The second-order valence-electron chi connectivity index (χ2n) is 7.47. The van der Waals surface area contributed by atoms with Crippen LogP contribution in [0, 0.1) is 18.3 Å². The highest BCUT2D eigenvalue weighted by Gasteiger charge is 2.21. The molecule has 0 atom stereocenters. The molecule has 1 N–H and O–H groups in total. The minimum Gasteiger partial charge on any atom is -0.481 e. The lowest BCUT2D eigenvalue weighted by molar-refractivity contribution is -0.136. The average molecular weight is 441 g/mol. The van der Waals surface area contributed by atoms with E-state index >= 15 is 0 Å². The summed E-state index contributed by atoms with van der Waals surface area (Å²) in [6, 6.07) is 17.1. The molecule has 9 heteroatoms. The Hall–Kier alpha value is -4.71. The number of hydrogen-bond acceptors (Lipinski definition) is 5. The summed E-state index contributed by atoms with van der Waals surface area (Å²) in [4.78, 5) is 37.4. The molecule has 9 nitrogen and oxygen atoms in total. The van der Waals surface area contributed by atoms with Crippen molar-refractivity contribution in [3.05, 3.63) is 98.5 Å². The largest absolute Gasteiger partial charge is 0.481 e. The topological polar surface area (TPSA) is 123 Å². The first-order valence-corrected chi connectivity index (χ1v) is 10.0. The molecule has 0 saturated carbocycles. The van der Waals surface area contributed by atoms with Crippen LogP contribution >= 0.6 is 0 Å². The summed E-state index contributed by atoms with van der Waals surface area (Å²) in [5.74, 6) is -0.983. The zero-order valence-electron chi connectivity index (χ0n) is 17.9. The minimum atomic E-state index is -0.983. The first-order valence-electron chi connectivity index (χ1n) is 10.0. The van der Waals surface area contributed by atoms with E-state index in [0.29, 0.717) is 33.9 Å². The third-order valence-electron chi connectivity index (χ3n) is 5.36. The molecule has 33 heavy (non-hydrogen) atoms. The first kappa shape index (κ1) is 21.5. The molecule has 0 bridgehead atoms. The highest BCUT2D eigenvalue weighted by atomic mass is 16.4. The Kier molecular flexibility index (Phi) is 5.50. The smallest absolute Gasteiger partial charge is 0.335 e. The maximum absolute atomic E-state index is 13.2. The fourth-order valence-electron chi connectivity index (χ4n) is 3.77. The van der Waals surface area contributed by atoms with Crippen LogP contribution in [0.25, 0.3) is 22.6 Å². The van der Waals surface area contributed by atoms with Gasteiger partial charge in [0.2, 0.25) is 0 Å². The fourth-order valence-corrected chi connectivity index (χ4v) is 3.77. The van der Waals surface area contributed by atoms with Crippen LogP contribution in [0.5, 0.6) is 0 Å². The number of nitriles is 1. The van der Waals surface area contributed by atoms with E-state index in [1.54, 1.807) is 72.4 Å². The van der Waals surface area contributed by atoms with Gasteiger partial charge < -0.3 is 5.11 Å². The van der Waals surface area contributed by atoms with Gasteiger partial charge in [0.1, 0.15) is 0 Å². The molecule has 0 aliphatic heterocycles. The Labute approximate surface area is 188 Å². The SMILES string of the molecule is Cc1c(-c2ccnn2-c2ccc(C#N)cc2)c(=O)n(C)c(=O)n1-c1cccc(CC(=O)O)c1. The molecule has 2 aromatic heterocycles. The van der Waals surface area contributed by atoms with Crippen LogP contribution in [-0.2, 0) is 18.3 Å². The van der Waals surface area contributed by atoms with Crippen molar-refractivity contribution in [1.29, 1.82) is 5.26 Å². The quantitative estimate of drug-likeness (QED) is 0.507. The monoisotopic (exact) mass is 441 g/mol. The summed E-state index contributed by atoms with van der Waals surface area (Å²) in [7, 11) is 1.40. The summed E-state index contributed by atoms with van der Waals surface area (Å²) in [5, 5.41) is 22.5. The Morgan fingerprint density at radius 3 is 2.48 bits per heavy atom. The van der Waals surface area contributed by atoms with Gasteiger partial charge in [-0.15, -0.1) is 0 Å². The normalized spacial score (nSPS) is 10.7. The number of carboxylic acids is 1. The molecular weight excluding hydrogens is 422 g/mol. The van der Waals surface area contributed by atoms with Gasteiger partial charge in [-0.2, -0.15) is 10.4 Å². The van der Waals surface area contributed by atoms with Crippen LogP contribution in [0.4, 0.5) is 0 Å². The number of rotatable bonds is 5. The second-order valence-corrected chi connectivity index (χ2v) is 7.47. The molecule has 0 saturated heterocycles. The number of nitrogens with zero attached hydrogens (tertiary/aromatic N) is 5. The number of carboxylic acid groups (broad SMARTS) is 1. The van der Waals surface area contributed by atoms with Crippen LogP contribution in [0.2, 0.25) is 0 Å². The number of hydrogen-bond donors (Lipinski definition) is 1. The molecule has 164 valence electrons. The Bertz CT molecular complexity index is 1540. The van der Waals surface area contributed by atoms with Crippen LogP contribution in [0.1, 0.15) is 16.8 Å². The zero-order valence-corrected chi connectivity index (χ0v) is 17.9. The molecule has 0 radical (unpaired) electrons. The third kappa shape index (κ3) is 3.85. The maximum atomic E-state index is 13.2. The van der Waals surface area contributed by atoms with Gasteiger partial charge in [-0.3, -0.25) is 18.7 Å². The number of aromatic nitrogens is 4. The van der Waals surface area contributed by atoms with E-state index < -0.39 is 17.2 Å². The van der Waals surface area contributed by atoms with E-state index in [9.17, 15) is 14.4 Å². The van der Waals surface area contributed by atoms with Crippen molar-refractivity contribution in [2.24, 2.45) is 7.05 Å². The summed E-state index contributed by atoms with van der Waals surface area (Å²) in [6.45, 7) is 1.66. The second kappa shape index (κ2) is 8.43. The van der Waals surface area contributed by atoms with E-state index in [2.05, 4.69) is 11.2 Å². The van der Waals surface area contributed by atoms with Gasteiger partial charge in [0, 0.05) is 12.7 Å². The van der Waals surface area contributed by atoms with E-state index in [-0.39, 0.29) is 12.0 Å². The predicted molar refractivity (Wildman–Crippen MR) is 121 cm³/mol. The van der Waals surface area contributed by atoms with Crippen LogP contribution in [0.15, 0.2) is 70.4 Å². The van der Waals surface area contributed by atoms with Crippen molar-refractivity contribution in [3.8, 4) is 28.7 Å². The molecule has 0 aliphatic rings. The molecule has 0 spiro atoms. The summed E-state index contributed by atoms with van der Waals surface area (Å²) in [5.41, 5.74) is 2.26. The lowest BCUT2D eigenvalue weighted by atomic mass is 10.1. The number of benzene rings is 2. The van der Waals surface area contributed by atoms with Crippen molar-refractivity contribution >= 4 is 5.97 Å². The highest BCUT2D eigenvalue weighted by Crippen LogP contribution is 2.24. The van der Waals surface area contributed by atoms with Crippen LogP contribution < -0.4 is 11.2 Å². The van der Waals surface area contributed by atoms with Crippen molar-refractivity contribution in [3.63, 3.8) is 0 Å². The van der Waals surface area contributed by atoms with E-state index in [0.717, 1.165) is 4.57 Å². The molecule has 0 fully saturated rings. The lowest BCUT2D eigenvalue weighted by Gasteiger charge is -2.17. The standard InChI is InChI=1S/C24H19N5O4/c1-15-22(20-10-11-26-29(20)18-8-6-16(14-25)7-9-18)23(32)27(2)24(33)28(15)19-5-3-4-17(12-19)13-21(30)31/h3-12H,13H2,1-2H3,(H,30,31). The minimum absolute atomic E-state index is 0.189. The van der Waals surface area contributed by atoms with E-state index in [1.807, 2.05) is 0 Å². The molecular formula is C24H19N5O4. The van der Waals surface area contributed by atoms with Gasteiger partial charge in [-0.05, 0) is 55.0 Å². The maximum Gasteiger partial charge on any atom is 0.335 e. The Morgan fingerprint density at radius 1 is 1.09 bits per heavy atom. The molecule has 0 unspecified atom stereocenters. The predicted octanol–water partition coefficient (Wildman–Crippen LogP) is 2.20. The first-order chi connectivity index (χ1) is 15.8. The molecule has 2 aromatic carbocycles. The van der Waals surface area contributed by atoms with E-state index in [1.165, 1.54) is 11.6 Å². The summed E-state index contributed by atoms with van der Waals surface area (Å²) >= 11 is 0. The van der Waals surface area contributed by atoms with Gasteiger partial charge in [-0.25, -0.2) is 9.48 Å². The van der Waals surface area contributed by atoms with Gasteiger partial charge in [0.15, 0.2) is 0 Å². The molecule has 4 aromatic rings. The van der Waals surface area contributed by atoms with Crippen molar-refractivity contribution in [2.75, 3.05) is 0 Å². The van der Waals surface area contributed by atoms with Crippen molar-refractivity contribution in [2.45, 2.75) is 13.3 Å². The van der Waals surface area contributed by atoms with Gasteiger partial charge in [-0.1, -0.05) is 12.1 Å². The zero-order chi connectivity index (χ0) is 23.7. The molecule has 0 aliphatic carbocycles. The average Bonchev–Trinajstić information content (AvgIpc) is 3.27. The van der Waals surface area contributed by atoms with E-state index in [4.69, 9.17) is 10.4 Å². The van der Waals surface area contributed by atoms with Crippen LogP contribution in [0.3, 0.4) is 0 Å². The number of carbonyl (C=O) groups is 1. The van der Waals surface area contributed by atoms with Gasteiger partial charge in [0.25, 0.3) is 5.56 Å². The third-order valence-corrected chi connectivity index (χ3v) is 5.36. The summed E-state index contributed by atoms with van der Waals surface area (Å²) in [6.07, 6.45) is 1.36. The number of aliphatic carboxylic acids is 1. The van der Waals surface area contributed by atoms with Crippen molar-refractivity contribution < 1.29 is 9.90 Å². The molecule has 0 amide bonds. The van der Waals surface area contributed by atoms with Gasteiger partial charge in [0.05, 0.1) is 46.9 Å². The summed E-state index contributed by atoms with van der Waals surface area (Å²) < 4.78 is 3.97. The highest BCUT2D eigenvalue weighted by molar-refractivity contribution is 5.70.